The molecule has 8 heteroatoms. The standard InChI is InChI=1S/C15H11F3N4O/c1-7-11-12(8-4-2-3-5-10(8)15(16,17)18)9(6-19)13(20)23-14(11)22-21-7/h2-5,12H,20H2,1H3,(H,21,22)/t12-/m0/s1. The molecule has 0 spiro atoms. The van der Waals surface area contributed by atoms with Crippen LogP contribution in [0, 0.1) is 18.3 Å². The van der Waals surface area contributed by atoms with Gasteiger partial charge in [-0.25, -0.2) is 0 Å². The average molecular weight is 320 g/mol. The molecule has 1 atom stereocenters. The molecule has 0 bridgehead atoms. The number of halogens is 3. The summed E-state index contributed by atoms with van der Waals surface area (Å²) >= 11 is 0. The first-order valence-electron chi connectivity index (χ1n) is 6.63. The molecule has 5 nitrogen and oxygen atoms in total. The van der Waals surface area contributed by atoms with Crippen LogP contribution >= 0.6 is 0 Å². The lowest BCUT2D eigenvalue weighted by atomic mass is 9.82. The zero-order valence-corrected chi connectivity index (χ0v) is 11.9. The summed E-state index contributed by atoms with van der Waals surface area (Å²) < 4.78 is 45.3. The molecule has 0 amide bonds. The molecule has 0 aliphatic carbocycles. The Labute approximate surface area is 129 Å². The molecule has 3 rings (SSSR count). The minimum atomic E-state index is -4.55. The molecule has 0 saturated heterocycles. The Morgan fingerprint density at radius 1 is 1.35 bits per heavy atom. The Bertz CT molecular complexity index is 845. The lowest BCUT2D eigenvalue weighted by Gasteiger charge is -2.26. The van der Waals surface area contributed by atoms with Crippen LogP contribution < -0.4 is 10.5 Å². The predicted molar refractivity (Wildman–Crippen MR) is 74.1 cm³/mol. The maximum Gasteiger partial charge on any atom is 0.416 e. The summed E-state index contributed by atoms with van der Waals surface area (Å²) in [6.07, 6.45) is -4.55. The van der Waals surface area contributed by atoms with E-state index in [0.29, 0.717) is 11.3 Å². The van der Waals surface area contributed by atoms with Crippen LogP contribution in [0.3, 0.4) is 0 Å². The van der Waals surface area contributed by atoms with Crippen LogP contribution in [0.2, 0.25) is 0 Å². The summed E-state index contributed by atoms with van der Waals surface area (Å²) in [5, 5.41) is 15.9. The Morgan fingerprint density at radius 3 is 2.70 bits per heavy atom. The fraction of sp³-hybridized carbons (Fsp3) is 0.200. The monoisotopic (exact) mass is 320 g/mol. The topological polar surface area (TPSA) is 87.7 Å². The third kappa shape index (κ3) is 2.30. The van der Waals surface area contributed by atoms with Gasteiger partial charge in [0.15, 0.2) is 0 Å². The van der Waals surface area contributed by atoms with Gasteiger partial charge in [-0.15, -0.1) is 5.10 Å². The zero-order valence-electron chi connectivity index (χ0n) is 11.9. The normalized spacial score (nSPS) is 17.4. The second-order valence-electron chi connectivity index (χ2n) is 5.08. The van der Waals surface area contributed by atoms with Crippen LogP contribution in [0.25, 0.3) is 0 Å². The number of hydrogen-bond donors (Lipinski definition) is 2. The summed E-state index contributed by atoms with van der Waals surface area (Å²) in [4.78, 5) is 0. The largest absolute Gasteiger partial charge is 0.420 e. The third-order valence-electron chi connectivity index (χ3n) is 3.71. The van der Waals surface area contributed by atoms with Gasteiger partial charge < -0.3 is 10.5 Å². The molecule has 0 unspecified atom stereocenters. The molecule has 0 fully saturated rings. The summed E-state index contributed by atoms with van der Waals surface area (Å²) in [7, 11) is 0. The van der Waals surface area contributed by atoms with Crippen molar-refractivity contribution < 1.29 is 17.9 Å². The van der Waals surface area contributed by atoms with Crippen molar-refractivity contribution >= 4 is 0 Å². The highest BCUT2D eigenvalue weighted by Crippen LogP contribution is 2.46. The number of benzene rings is 1. The van der Waals surface area contributed by atoms with Crippen LogP contribution in [0.5, 0.6) is 5.88 Å². The second kappa shape index (κ2) is 5.05. The molecule has 23 heavy (non-hydrogen) atoms. The molecule has 1 aromatic carbocycles. The number of nitrogens with one attached hydrogen (secondary N) is 1. The quantitative estimate of drug-likeness (QED) is 0.845. The Balaban J connectivity index is 2.31. The number of nitrogens with zero attached hydrogens (tertiary/aromatic N) is 2. The van der Waals surface area contributed by atoms with E-state index in [1.54, 1.807) is 6.92 Å². The molecular formula is C15H11F3N4O. The van der Waals surface area contributed by atoms with Crippen LogP contribution in [0.15, 0.2) is 35.7 Å². The molecule has 1 aliphatic rings. The molecule has 2 heterocycles. The summed E-state index contributed by atoms with van der Waals surface area (Å²) in [6.45, 7) is 1.65. The van der Waals surface area contributed by atoms with Crippen molar-refractivity contribution in [3.63, 3.8) is 0 Å². The van der Waals surface area contributed by atoms with Crippen molar-refractivity contribution in [3.8, 4) is 11.9 Å². The highest BCUT2D eigenvalue weighted by atomic mass is 19.4. The highest BCUT2D eigenvalue weighted by molar-refractivity contribution is 5.56. The zero-order chi connectivity index (χ0) is 16.8. The first kappa shape index (κ1) is 15.0. The summed E-state index contributed by atoms with van der Waals surface area (Å²) in [5.74, 6) is -1.14. The van der Waals surface area contributed by atoms with Crippen LogP contribution in [-0.4, -0.2) is 10.2 Å². The lowest BCUT2D eigenvalue weighted by molar-refractivity contribution is -0.138. The van der Waals surface area contributed by atoms with E-state index in [9.17, 15) is 18.4 Å². The molecule has 1 aliphatic heterocycles. The smallest absolute Gasteiger partial charge is 0.416 e. The van der Waals surface area contributed by atoms with Crippen molar-refractivity contribution in [2.75, 3.05) is 0 Å². The van der Waals surface area contributed by atoms with Crippen LogP contribution in [0.4, 0.5) is 13.2 Å². The van der Waals surface area contributed by atoms with Gasteiger partial charge in [0.25, 0.3) is 0 Å². The first-order chi connectivity index (χ1) is 10.8. The summed E-state index contributed by atoms with van der Waals surface area (Å²) in [5.41, 5.74) is 5.65. The van der Waals surface area contributed by atoms with Gasteiger partial charge in [0.2, 0.25) is 11.8 Å². The van der Waals surface area contributed by atoms with Gasteiger partial charge in [0.1, 0.15) is 11.6 Å². The number of alkyl halides is 3. The average Bonchev–Trinajstić information content (AvgIpc) is 2.86. The summed E-state index contributed by atoms with van der Waals surface area (Å²) in [6, 6.07) is 6.96. The van der Waals surface area contributed by atoms with Crippen LogP contribution in [0.1, 0.15) is 28.3 Å². The molecule has 1 aromatic heterocycles. The Kier molecular flexibility index (Phi) is 3.29. The molecule has 118 valence electrons. The molecule has 2 aromatic rings. The molecular weight excluding hydrogens is 309 g/mol. The number of H-pyrrole nitrogens is 1. The van der Waals surface area contributed by atoms with Gasteiger partial charge in [-0.05, 0) is 18.6 Å². The van der Waals surface area contributed by atoms with Gasteiger partial charge in [-0.2, -0.15) is 18.4 Å². The van der Waals surface area contributed by atoms with E-state index >= 15 is 0 Å². The van der Waals surface area contributed by atoms with Gasteiger partial charge >= 0.3 is 6.18 Å². The first-order valence-corrected chi connectivity index (χ1v) is 6.63. The van der Waals surface area contributed by atoms with Crippen molar-refractivity contribution in [1.29, 1.82) is 5.26 Å². The van der Waals surface area contributed by atoms with Crippen molar-refractivity contribution in [2.45, 2.75) is 19.0 Å². The number of nitrogens with two attached hydrogens (primary N) is 1. The van der Waals surface area contributed by atoms with Gasteiger partial charge in [-0.1, -0.05) is 18.2 Å². The van der Waals surface area contributed by atoms with E-state index in [4.69, 9.17) is 10.5 Å². The minimum Gasteiger partial charge on any atom is -0.420 e. The number of fused-ring (bicyclic) bond motifs is 1. The predicted octanol–water partition coefficient (Wildman–Crippen LogP) is 2.96. The van der Waals surface area contributed by atoms with Crippen molar-refractivity contribution in [1.82, 2.24) is 10.2 Å². The number of aryl methyl sites for hydroxylation is 1. The maximum absolute atomic E-state index is 13.3. The van der Waals surface area contributed by atoms with E-state index in [-0.39, 0.29) is 22.9 Å². The number of nitriles is 1. The molecule has 0 radical (unpaired) electrons. The van der Waals surface area contributed by atoms with E-state index in [2.05, 4.69) is 10.2 Å². The van der Waals surface area contributed by atoms with Gasteiger partial charge in [0, 0.05) is 11.3 Å². The van der Waals surface area contributed by atoms with Gasteiger partial charge in [0.05, 0.1) is 11.5 Å². The molecule has 3 N–H and O–H groups in total. The number of rotatable bonds is 1. The number of aromatic amines is 1. The van der Waals surface area contributed by atoms with E-state index in [0.717, 1.165) is 6.07 Å². The lowest BCUT2D eigenvalue weighted by Crippen LogP contribution is -2.23. The number of aromatic nitrogens is 2. The third-order valence-corrected chi connectivity index (χ3v) is 3.71. The van der Waals surface area contributed by atoms with E-state index < -0.39 is 17.7 Å². The SMILES string of the molecule is Cc1[nH]nc2c1[C@@H](c1ccccc1C(F)(F)F)C(C#N)=C(N)O2. The highest BCUT2D eigenvalue weighted by Gasteiger charge is 2.40. The van der Waals surface area contributed by atoms with E-state index in [1.165, 1.54) is 18.2 Å². The number of allylic oxidation sites excluding steroid dienone is 1. The number of hydrogen-bond acceptors (Lipinski definition) is 4. The number of ether oxygens (including phenoxy) is 1. The van der Waals surface area contributed by atoms with Gasteiger partial charge in [-0.3, -0.25) is 5.10 Å². The maximum atomic E-state index is 13.3. The van der Waals surface area contributed by atoms with Crippen LogP contribution in [-0.2, 0) is 6.18 Å². The van der Waals surface area contributed by atoms with Crippen molar-refractivity contribution in [2.24, 2.45) is 5.73 Å². The van der Waals surface area contributed by atoms with E-state index in [1.807, 2.05) is 6.07 Å². The Morgan fingerprint density at radius 2 is 2.04 bits per heavy atom. The second-order valence-corrected chi connectivity index (χ2v) is 5.08. The fourth-order valence-corrected chi connectivity index (χ4v) is 2.72. The minimum absolute atomic E-state index is 0.0615. The van der Waals surface area contributed by atoms with Crippen molar-refractivity contribution in [3.05, 3.63) is 58.1 Å². The fourth-order valence-electron chi connectivity index (χ4n) is 2.72. The molecule has 0 saturated carbocycles. The Hall–Kier alpha value is -2.95.